The molecule has 0 spiro atoms. The van der Waals surface area contributed by atoms with Crippen molar-refractivity contribution < 1.29 is 0 Å². The van der Waals surface area contributed by atoms with Gasteiger partial charge in [0.25, 0.3) is 0 Å². The van der Waals surface area contributed by atoms with Crippen LogP contribution < -0.4 is 0 Å². The second kappa shape index (κ2) is 5.24. The summed E-state index contributed by atoms with van der Waals surface area (Å²) in [6.07, 6.45) is 8.02. The molecule has 19 heavy (non-hydrogen) atoms. The van der Waals surface area contributed by atoms with Crippen molar-refractivity contribution in [2.45, 2.75) is 6.92 Å². The van der Waals surface area contributed by atoms with E-state index in [0.717, 1.165) is 17.0 Å². The zero-order valence-corrected chi connectivity index (χ0v) is 11.4. The van der Waals surface area contributed by atoms with E-state index >= 15 is 0 Å². The van der Waals surface area contributed by atoms with E-state index in [0.29, 0.717) is 0 Å². The van der Waals surface area contributed by atoms with E-state index in [4.69, 9.17) is 0 Å². The molecule has 0 bridgehead atoms. The molecule has 3 rings (SSSR count). The van der Waals surface area contributed by atoms with Gasteiger partial charge in [-0.2, -0.15) is 0 Å². The zero-order valence-electron chi connectivity index (χ0n) is 10.6. The summed E-state index contributed by atoms with van der Waals surface area (Å²) in [6.45, 7) is 2.12. The molecule has 0 saturated carbocycles. The zero-order chi connectivity index (χ0) is 13.1. The van der Waals surface area contributed by atoms with Crippen molar-refractivity contribution in [3.8, 4) is 11.4 Å². The molecule has 0 radical (unpaired) electrons. The maximum Gasteiger partial charge on any atom is 0.0870 e. The molecule has 0 aliphatic carbocycles. The summed E-state index contributed by atoms with van der Waals surface area (Å²) in [5.74, 6) is 0. The second-order valence-electron chi connectivity index (χ2n) is 4.34. The summed E-state index contributed by atoms with van der Waals surface area (Å²) in [5, 5.41) is 0. The number of pyridine rings is 1. The molecular formula is C16H14N2S. The lowest BCUT2D eigenvalue weighted by atomic mass is 10.2. The lowest BCUT2D eigenvalue weighted by molar-refractivity contribution is 1.27. The summed E-state index contributed by atoms with van der Waals surface area (Å²) in [5.41, 5.74) is 3.17. The fourth-order valence-corrected chi connectivity index (χ4v) is 2.69. The Hall–Kier alpha value is -2.13. The first-order valence-corrected chi connectivity index (χ1v) is 6.97. The standard InChI is InChI=1S/C16H14N2S/c1-12-4-6-14(19-12)7-5-13-8-10-18-16(11-13)15-3-2-9-17-15/h2-11,17H,1H3/b7-5+. The molecule has 3 heteroatoms. The Kier molecular flexibility index (Phi) is 3.29. The van der Waals surface area contributed by atoms with E-state index in [-0.39, 0.29) is 0 Å². The number of H-pyrrole nitrogens is 1. The average molecular weight is 266 g/mol. The van der Waals surface area contributed by atoms with E-state index in [1.54, 1.807) is 11.3 Å². The first kappa shape index (κ1) is 11.9. The van der Waals surface area contributed by atoms with Crippen molar-refractivity contribution in [3.63, 3.8) is 0 Å². The van der Waals surface area contributed by atoms with E-state index < -0.39 is 0 Å². The van der Waals surface area contributed by atoms with Gasteiger partial charge in [0.15, 0.2) is 0 Å². The third kappa shape index (κ3) is 2.83. The van der Waals surface area contributed by atoms with Gasteiger partial charge in [0.05, 0.1) is 11.4 Å². The lowest BCUT2D eigenvalue weighted by Crippen LogP contribution is -1.83. The Morgan fingerprint density at radius 2 is 2.11 bits per heavy atom. The normalized spacial score (nSPS) is 11.2. The van der Waals surface area contributed by atoms with Gasteiger partial charge in [0, 0.05) is 22.1 Å². The van der Waals surface area contributed by atoms with Gasteiger partial charge in [0.1, 0.15) is 0 Å². The van der Waals surface area contributed by atoms with Crippen molar-refractivity contribution in [2.24, 2.45) is 0 Å². The first-order chi connectivity index (χ1) is 9.31. The number of thiophene rings is 1. The quantitative estimate of drug-likeness (QED) is 0.736. The van der Waals surface area contributed by atoms with E-state index in [1.165, 1.54) is 9.75 Å². The molecular weight excluding hydrogens is 252 g/mol. The number of nitrogens with one attached hydrogen (secondary N) is 1. The smallest absolute Gasteiger partial charge is 0.0870 e. The minimum Gasteiger partial charge on any atom is -0.360 e. The second-order valence-corrected chi connectivity index (χ2v) is 5.66. The molecule has 3 aromatic rings. The van der Waals surface area contributed by atoms with E-state index in [1.807, 2.05) is 30.6 Å². The Labute approximate surface area is 116 Å². The maximum atomic E-state index is 4.38. The Morgan fingerprint density at radius 1 is 1.16 bits per heavy atom. The number of aromatic nitrogens is 2. The molecule has 0 amide bonds. The molecule has 2 nitrogen and oxygen atoms in total. The number of nitrogens with zero attached hydrogens (tertiary/aromatic N) is 1. The van der Waals surface area contributed by atoms with Crippen LogP contribution in [0.25, 0.3) is 23.5 Å². The van der Waals surface area contributed by atoms with Gasteiger partial charge in [-0.3, -0.25) is 4.98 Å². The van der Waals surface area contributed by atoms with Gasteiger partial charge in [-0.1, -0.05) is 6.08 Å². The maximum absolute atomic E-state index is 4.38. The van der Waals surface area contributed by atoms with Gasteiger partial charge in [0.2, 0.25) is 0 Å². The topological polar surface area (TPSA) is 28.7 Å². The Morgan fingerprint density at radius 3 is 2.84 bits per heavy atom. The monoisotopic (exact) mass is 266 g/mol. The summed E-state index contributed by atoms with van der Waals surface area (Å²) in [6, 6.07) is 12.4. The van der Waals surface area contributed by atoms with Crippen LogP contribution in [0.4, 0.5) is 0 Å². The Balaban J connectivity index is 1.86. The first-order valence-electron chi connectivity index (χ1n) is 6.15. The third-order valence-electron chi connectivity index (χ3n) is 2.86. The minimum atomic E-state index is 0.967. The molecule has 0 saturated heterocycles. The highest BCUT2D eigenvalue weighted by Gasteiger charge is 1.99. The van der Waals surface area contributed by atoms with Gasteiger partial charge < -0.3 is 4.98 Å². The third-order valence-corrected chi connectivity index (χ3v) is 3.83. The van der Waals surface area contributed by atoms with Crippen molar-refractivity contribution >= 4 is 23.5 Å². The predicted octanol–water partition coefficient (Wildman–Crippen LogP) is 4.62. The van der Waals surface area contributed by atoms with E-state index in [2.05, 4.69) is 47.2 Å². The predicted molar refractivity (Wildman–Crippen MR) is 82.0 cm³/mol. The van der Waals surface area contributed by atoms with Crippen LogP contribution >= 0.6 is 11.3 Å². The molecule has 1 N–H and O–H groups in total. The van der Waals surface area contributed by atoms with Gasteiger partial charge >= 0.3 is 0 Å². The number of aryl methyl sites for hydroxylation is 1. The molecule has 0 aromatic carbocycles. The van der Waals surface area contributed by atoms with Crippen LogP contribution in [0.15, 0.2) is 48.8 Å². The molecule has 94 valence electrons. The number of hydrogen-bond acceptors (Lipinski definition) is 2. The van der Waals surface area contributed by atoms with Gasteiger partial charge in [-0.05, 0) is 55.0 Å². The van der Waals surface area contributed by atoms with Crippen molar-refractivity contribution in [2.75, 3.05) is 0 Å². The van der Waals surface area contributed by atoms with Crippen LogP contribution in [0.2, 0.25) is 0 Å². The molecule has 0 atom stereocenters. The minimum absolute atomic E-state index is 0.967. The number of rotatable bonds is 3. The van der Waals surface area contributed by atoms with Crippen LogP contribution in [0, 0.1) is 6.92 Å². The molecule has 3 heterocycles. The lowest BCUT2D eigenvalue weighted by Gasteiger charge is -1.98. The highest BCUT2D eigenvalue weighted by molar-refractivity contribution is 7.12. The average Bonchev–Trinajstić information content (AvgIpc) is 3.08. The van der Waals surface area contributed by atoms with Crippen molar-refractivity contribution in [3.05, 3.63) is 64.1 Å². The highest BCUT2D eigenvalue weighted by Crippen LogP contribution is 2.20. The largest absolute Gasteiger partial charge is 0.360 e. The van der Waals surface area contributed by atoms with Crippen LogP contribution in [-0.2, 0) is 0 Å². The van der Waals surface area contributed by atoms with Crippen LogP contribution in [0.3, 0.4) is 0 Å². The van der Waals surface area contributed by atoms with Gasteiger partial charge in [-0.25, -0.2) is 0 Å². The molecule has 0 aliphatic heterocycles. The fourth-order valence-electron chi connectivity index (χ4n) is 1.91. The molecule has 0 fully saturated rings. The number of aromatic amines is 1. The summed E-state index contributed by atoms with van der Waals surface area (Å²) in [4.78, 5) is 10.2. The van der Waals surface area contributed by atoms with Crippen molar-refractivity contribution in [1.82, 2.24) is 9.97 Å². The van der Waals surface area contributed by atoms with E-state index in [9.17, 15) is 0 Å². The highest BCUT2D eigenvalue weighted by atomic mass is 32.1. The van der Waals surface area contributed by atoms with Crippen molar-refractivity contribution in [1.29, 1.82) is 0 Å². The Bertz CT molecular complexity index is 693. The molecule has 3 aromatic heterocycles. The van der Waals surface area contributed by atoms with Crippen LogP contribution in [-0.4, -0.2) is 9.97 Å². The summed E-state index contributed by atoms with van der Waals surface area (Å²) >= 11 is 1.80. The summed E-state index contributed by atoms with van der Waals surface area (Å²) < 4.78 is 0. The summed E-state index contributed by atoms with van der Waals surface area (Å²) in [7, 11) is 0. The fraction of sp³-hybridized carbons (Fsp3) is 0.0625. The SMILES string of the molecule is Cc1ccc(/C=C/c2ccnc(-c3ccc[nH]3)c2)s1. The molecule has 0 unspecified atom stereocenters. The molecule has 0 aliphatic rings. The van der Waals surface area contributed by atoms with Crippen LogP contribution in [0.1, 0.15) is 15.3 Å². The number of hydrogen-bond donors (Lipinski definition) is 1. The van der Waals surface area contributed by atoms with Crippen LogP contribution in [0.5, 0.6) is 0 Å². The van der Waals surface area contributed by atoms with Gasteiger partial charge in [-0.15, -0.1) is 11.3 Å².